The highest BCUT2D eigenvalue weighted by Gasteiger charge is 2.17. The van der Waals surface area contributed by atoms with Crippen LogP contribution in [0.4, 0.5) is 0 Å². The van der Waals surface area contributed by atoms with E-state index >= 15 is 0 Å². The minimum Gasteiger partial charge on any atom is -0.350 e. The van der Waals surface area contributed by atoms with E-state index in [-0.39, 0.29) is 23.9 Å². The molecule has 2 rings (SSSR count). The topological polar surface area (TPSA) is 76.0 Å². The van der Waals surface area contributed by atoms with Gasteiger partial charge in [0.2, 0.25) is 5.91 Å². The average Bonchev–Trinajstić information content (AvgIpc) is 2.87. The Morgan fingerprint density at radius 3 is 2.62 bits per heavy atom. The molecule has 0 radical (unpaired) electrons. The zero-order chi connectivity index (χ0) is 15.8. The first-order valence-corrected chi connectivity index (χ1v) is 7.51. The monoisotopic (exact) mass is 308 g/mol. The van der Waals surface area contributed by atoms with Gasteiger partial charge in [-0.25, -0.2) is 0 Å². The first kappa shape index (κ1) is 15.5. The van der Waals surface area contributed by atoms with Crippen molar-refractivity contribution in [3.63, 3.8) is 0 Å². The number of aromatic nitrogens is 2. The Bertz CT molecular complexity index is 659. The number of amides is 2. The van der Waals surface area contributed by atoms with Gasteiger partial charge in [-0.3, -0.25) is 14.3 Å². The summed E-state index contributed by atoms with van der Waals surface area (Å²) in [5.41, 5.74) is 0.593. The quantitative estimate of drug-likeness (QED) is 0.904. The van der Waals surface area contributed by atoms with Crippen LogP contribution in [0.1, 0.15) is 36.1 Å². The molecule has 0 unspecified atom stereocenters. The van der Waals surface area contributed by atoms with Crippen LogP contribution >= 0.6 is 11.3 Å². The van der Waals surface area contributed by atoms with Crippen molar-refractivity contribution in [1.29, 1.82) is 0 Å². The van der Waals surface area contributed by atoms with Crippen LogP contribution in [-0.2, 0) is 11.8 Å². The summed E-state index contributed by atoms with van der Waals surface area (Å²) in [4.78, 5) is 25.3. The van der Waals surface area contributed by atoms with Crippen molar-refractivity contribution in [2.45, 2.75) is 33.2 Å². The van der Waals surface area contributed by atoms with Crippen LogP contribution in [0.5, 0.6) is 0 Å². The van der Waals surface area contributed by atoms with Crippen LogP contribution in [0.25, 0.3) is 10.2 Å². The van der Waals surface area contributed by atoms with Gasteiger partial charge < -0.3 is 10.6 Å². The Kier molecular flexibility index (Phi) is 4.04. The maximum Gasteiger partial charge on any atom is 0.261 e. The fourth-order valence-electron chi connectivity index (χ4n) is 2.03. The van der Waals surface area contributed by atoms with E-state index in [1.165, 1.54) is 11.3 Å². The van der Waals surface area contributed by atoms with E-state index in [4.69, 9.17) is 0 Å². The Balaban J connectivity index is 2.02. The van der Waals surface area contributed by atoms with Crippen molar-refractivity contribution >= 4 is 33.4 Å². The Labute approximate surface area is 127 Å². The van der Waals surface area contributed by atoms with Crippen molar-refractivity contribution in [1.82, 2.24) is 20.4 Å². The molecule has 2 N–H and O–H groups in total. The summed E-state index contributed by atoms with van der Waals surface area (Å²) in [6.07, 6.45) is 0. The summed E-state index contributed by atoms with van der Waals surface area (Å²) >= 11 is 1.37. The van der Waals surface area contributed by atoms with Gasteiger partial charge in [0.25, 0.3) is 5.91 Å². The van der Waals surface area contributed by atoms with Crippen LogP contribution in [0.3, 0.4) is 0 Å². The molecule has 0 aliphatic rings. The third-order valence-corrected chi connectivity index (χ3v) is 4.04. The SMILES string of the molecule is Cc1nn(C)c2sc(C(=O)NCC(=O)NC(C)(C)C)cc12. The molecule has 0 aliphatic carbocycles. The zero-order valence-corrected chi connectivity index (χ0v) is 13.7. The van der Waals surface area contributed by atoms with E-state index in [1.807, 2.05) is 40.8 Å². The van der Waals surface area contributed by atoms with Gasteiger partial charge in [0.05, 0.1) is 17.1 Å². The third-order valence-electron chi connectivity index (χ3n) is 2.84. The van der Waals surface area contributed by atoms with Gasteiger partial charge >= 0.3 is 0 Å². The van der Waals surface area contributed by atoms with Gasteiger partial charge in [0.15, 0.2) is 0 Å². The number of fused-ring (bicyclic) bond motifs is 1. The number of hydrogen-bond donors (Lipinski definition) is 2. The summed E-state index contributed by atoms with van der Waals surface area (Å²) in [6, 6.07) is 1.82. The molecular formula is C14H20N4O2S. The minimum atomic E-state index is -0.303. The van der Waals surface area contributed by atoms with Gasteiger partial charge in [-0.05, 0) is 33.8 Å². The predicted molar refractivity (Wildman–Crippen MR) is 83.6 cm³/mol. The highest BCUT2D eigenvalue weighted by Crippen LogP contribution is 2.27. The number of aryl methyl sites for hydroxylation is 2. The lowest BCUT2D eigenvalue weighted by Gasteiger charge is -2.20. The molecule has 2 heterocycles. The molecule has 0 fully saturated rings. The number of hydrogen-bond acceptors (Lipinski definition) is 4. The summed E-state index contributed by atoms with van der Waals surface area (Å²) < 4.78 is 1.76. The fraction of sp³-hybridized carbons (Fsp3) is 0.500. The molecule has 21 heavy (non-hydrogen) atoms. The van der Waals surface area contributed by atoms with Crippen LogP contribution in [0.15, 0.2) is 6.07 Å². The zero-order valence-electron chi connectivity index (χ0n) is 12.9. The summed E-state index contributed by atoms with van der Waals surface area (Å²) in [5, 5.41) is 10.7. The van der Waals surface area contributed by atoms with Crippen molar-refractivity contribution < 1.29 is 9.59 Å². The Hall–Kier alpha value is -1.89. The van der Waals surface area contributed by atoms with Gasteiger partial charge in [-0.1, -0.05) is 0 Å². The molecule has 6 nitrogen and oxygen atoms in total. The predicted octanol–water partition coefficient (Wildman–Crippen LogP) is 1.59. The standard InChI is InChI=1S/C14H20N4O2S/c1-8-9-6-10(21-13(9)18(5)17-8)12(20)15-7-11(19)16-14(2,3)4/h6H,7H2,1-5H3,(H,15,20)(H,16,19). The minimum absolute atomic E-state index is 0.0262. The largest absolute Gasteiger partial charge is 0.350 e. The first-order chi connectivity index (χ1) is 9.67. The van der Waals surface area contributed by atoms with Gasteiger partial charge in [-0.15, -0.1) is 11.3 Å². The van der Waals surface area contributed by atoms with Crippen molar-refractivity contribution in [3.8, 4) is 0 Å². The molecule has 0 saturated carbocycles. The van der Waals surface area contributed by atoms with Crippen LogP contribution in [-0.4, -0.2) is 33.7 Å². The highest BCUT2D eigenvalue weighted by molar-refractivity contribution is 7.20. The van der Waals surface area contributed by atoms with Gasteiger partial charge in [0.1, 0.15) is 4.83 Å². The lowest BCUT2D eigenvalue weighted by atomic mass is 10.1. The Morgan fingerprint density at radius 2 is 2.05 bits per heavy atom. The molecule has 2 amide bonds. The summed E-state index contributed by atoms with van der Waals surface area (Å²) in [6.45, 7) is 7.58. The van der Waals surface area contributed by atoms with E-state index in [0.29, 0.717) is 4.88 Å². The van der Waals surface area contributed by atoms with Crippen LogP contribution < -0.4 is 10.6 Å². The lowest BCUT2D eigenvalue weighted by molar-refractivity contribution is -0.121. The Morgan fingerprint density at radius 1 is 1.38 bits per heavy atom. The number of carbonyl (C=O) groups is 2. The molecule has 114 valence electrons. The molecule has 7 heteroatoms. The number of nitrogens with one attached hydrogen (secondary N) is 2. The molecule has 0 aliphatic heterocycles. The van der Waals surface area contributed by atoms with Crippen LogP contribution in [0.2, 0.25) is 0 Å². The summed E-state index contributed by atoms with van der Waals surface area (Å²) in [7, 11) is 1.85. The smallest absolute Gasteiger partial charge is 0.261 e. The lowest BCUT2D eigenvalue weighted by Crippen LogP contribution is -2.45. The molecule has 0 atom stereocenters. The number of thiophene rings is 1. The number of rotatable bonds is 3. The first-order valence-electron chi connectivity index (χ1n) is 6.70. The van der Waals surface area contributed by atoms with Gasteiger partial charge in [0, 0.05) is 18.0 Å². The highest BCUT2D eigenvalue weighted by atomic mass is 32.1. The van der Waals surface area contributed by atoms with Crippen molar-refractivity contribution in [2.75, 3.05) is 6.54 Å². The molecule has 0 saturated heterocycles. The summed E-state index contributed by atoms with van der Waals surface area (Å²) in [5.74, 6) is -0.436. The van der Waals surface area contributed by atoms with E-state index in [9.17, 15) is 9.59 Å². The maximum atomic E-state index is 12.1. The maximum absolute atomic E-state index is 12.1. The molecular weight excluding hydrogens is 288 g/mol. The second-order valence-corrected chi connectivity index (χ2v) is 7.05. The van der Waals surface area contributed by atoms with E-state index < -0.39 is 0 Å². The average molecular weight is 308 g/mol. The second-order valence-electron chi connectivity index (χ2n) is 6.02. The fourth-order valence-corrected chi connectivity index (χ4v) is 3.07. The molecule has 0 bridgehead atoms. The molecule has 2 aromatic rings. The van der Waals surface area contributed by atoms with Crippen molar-refractivity contribution in [3.05, 3.63) is 16.6 Å². The third kappa shape index (κ3) is 3.60. The molecule has 2 aromatic heterocycles. The molecule has 0 aromatic carbocycles. The number of nitrogens with zero attached hydrogens (tertiary/aromatic N) is 2. The van der Waals surface area contributed by atoms with Gasteiger partial charge in [-0.2, -0.15) is 5.10 Å². The molecule has 0 spiro atoms. The second kappa shape index (κ2) is 5.48. The van der Waals surface area contributed by atoms with E-state index in [2.05, 4.69) is 15.7 Å². The van der Waals surface area contributed by atoms with E-state index in [0.717, 1.165) is 15.9 Å². The van der Waals surface area contributed by atoms with Crippen molar-refractivity contribution in [2.24, 2.45) is 7.05 Å². The van der Waals surface area contributed by atoms with Crippen LogP contribution in [0, 0.1) is 6.92 Å². The normalized spacial score (nSPS) is 11.7. The van der Waals surface area contributed by atoms with E-state index in [1.54, 1.807) is 4.68 Å². The number of carbonyl (C=O) groups excluding carboxylic acids is 2.